The molecule has 3 amide bonds. The van der Waals surface area contributed by atoms with Crippen molar-refractivity contribution < 1.29 is 9.59 Å². The average molecular weight is 272 g/mol. The van der Waals surface area contributed by atoms with Crippen molar-refractivity contribution in [1.82, 2.24) is 14.7 Å². The molecule has 104 valence electrons. The Morgan fingerprint density at radius 1 is 1.15 bits per heavy atom. The smallest absolute Gasteiger partial charge is 0.328 e. The van der Waals surface area contributed by atoms with Crippen molar-refractivity contribution in [1.29, 1.82) is 0 Å². The number of rotatable bonds is 2. The van der Waals surface area contributed by atoms with Gasteiger partial charge in [-0.3, -0.25) is 9.69 Å². The number of amides is 3. The number of hydrogen-bond acceptors (Lipinski definition) is 4. The number of fused-ring (bicyclic) bond motifs is 1. The number of carbonyl (C=O) groups excluding carboxylic acids is 2. The van der Waals surface area contributed by atoms with Gasteiger partial charge in [0.25, 0.3) is 5.91 Å². The molecular weight excluding hydrogens is 256 g/mol. The quantitative estimate of drug-likeness (QED) is 0.798. The molecule has 20 heavy (non-hydrogen) atoms. The highest BCUT2D eigenvalue weighted by atomic mass is 16.2. The lowest BCUT2D eigenvalue weighted by molar-refractivity contribution is -0.136. The molecule has 1 fully saturated rings. The second-order valence-electron chi connectivity index (χ2n) is 5.07. The first kappa shape index (κ1) is 12.7. The molecule has 0 aromatic heterocycles. The van der Waals surface area contributed by atoms with Gasteiger partial charge in [-0.1, -0.05) is 30.3 Å². The highest BCUT2D eigenvalue weighted by Gasteiger charge is 2.48. The van der Waals surface area contributed by atoms with Gasteiger partial charge in [0.2, 0.25) is 0 Å². The molecule has 0 aliphatic carbocycles. The van der Waals surface area contributed by atoms with Gasteiger partial charge in [-0.05, 0) is 5.56 Å². The van der Waals surface area contributed by atoms with Crippen LogP contribution in [0.5, 0.6) is 0 Å². The van der Waals surface area contributed by atoms with E-state index in [1.165, 1.54) is 11.9 Å². The molecule has 3 rings (SSSR count). The van der Waals surface area contributed by atoms with Crippen LogP contribution in [0.3, 0.4) is 0 Å². The predicted octanol–water partition coefficient (Wildman–Crippen LogP) is 0.749. The monoisotopic (exact) mass is 272 g/mol. The lowest BCUT2D eigenvalue weighted by Gasteiger charge is -2.39. The number of carbonyl (C=O) groups is 2. The third-order valence-electron chi connectivity index (χ3n) is 3.78. The van der Waals surface area contributed by atoms with Crippen molar-refractivity contribution in [2.45, 2.75) is 18.8 Å². The zero-order chi connectivity index (χ0) is 14.3. The van der Waals surface area contributed by atoms with Crippen LogP contribution in [0.1, 0.15) is 5.56 Å². The summed E-state index contributed by atoms with van der Waals surface area (Å²) in [5.41, 5.74) is 1.11. The number of urea groups is 1. The van der Waals surface area contributed by atoms with Crippen LogP contribution in [0, 0.1) is 0 Å². The Kier molecular flexibility index (Phi) is 2.93. The van der Waals surface area contributed by atoms with E-state index in [1.807, 2.05) is 35.2 Å². The summed E-state index contributed by atoms with van der Waals surface area (Å²) in [4.78, 5) is 33.1. The van der Waals surface area contributed by atoms with Crippen LogP contribution in [0.15, 0.2) is 35.3 Å². The third kappa shape index (κ3) is 1.84. The van der Waals surface area contributed by atoms with Crippen molar-refractivity contribution >= 4 is 18.3 Å². The Balaban J connectivity index is 1.84. The van der Waals surface area contributed by atoms with Gasteiger partial charge in [0.1, 0.15) is 0 Å². The Hall–Kier alpha value is -2.37. The van der Waals surface area contributed by atoms with Crippen molar-refractivity contribution in [3.63, 3.8) is 0 Å². The third-order valence-corrected chi connectivity index (χ3v) is 3.78. The highest BCUT2D eigenvalue weighted by Crippen LogP contribution is 2.25. The summed E-state index contributed by atoms with van der Waals surface area (Å²) >= 11 is 0. The lowest BCUT2D eigenvalue weighted by Crippen LogP contribution is -2.63. The van der Waals surface area contributed by atoms with Gasteiger partial charge in [-0.15, -0.1) is 0 Å². The molecule has 0 saturated carbocycles. The van der Waals surface area contributed by atoms with E-state index in [0.717, 1.165) is 10.5 Å². The number of aliphatic imine (C=N–C) groups is 1. The fraction of sp³-hybridized carbons (Fsp3) is 0.357. The molecule has 0 radical (unpaired) electrons. The zero-order valence-electron chi connectivity index (χ0n) is 11.4. The Morgan fingerprint density at radius 2 is 1.85 bits per heavy atom. The molecule has 6 nitrogen and oxygen atoms in total. The Bertz CT molecular complexity index is 572. The van der Waals surface area contributed by atoms with E-state index < -0.39 is 12.2 Å². The lowest BCUT2D eigenvalue weighted by atomic mass is 10.1. The molecule has 2 aliphatic rings. The number of benzene rings is 1. The first-order valence-electron chi connectivity index (χ1n) is 6.47. The number of nitrogens with zero attached hydrogens (tertiary/aromatic N) is 4. The summed E-state index contributed by atoms with van der Waals surface area (Å²) < 4.78 is 0. The van der Waals surface area contributed by atoms with Crippen LogP contribution in [-0.4, -0.2) is 59.3 Å². The summed E-state index contributed by atoms with van der Waals surface area (Å²) in [5.74, 6) is -0.202. The summed E-state index contributed by atoms with van der Waals surface area (Å²) in [6.45, 7) is 0.604. The maximum atomic E-state index is 12.3. The van der Waals surface area contributed by atoms with Gasteiger partial charge in [0.05, 0.1) is 6.34 Å². The number of likely N-dealkylation sites (N-methyl/N-ethyl adjacent to an activating group) is 2. The Morgan fingerprint density at radius 3 is 2.55 bits per heavy atom. The predicted molar refractivity (Wildman–Crippen MR) is 74.0 cm³/mol. The fourth-order valence-corrected chi connectivity index (χ4v) is 2.64. The molecule has 1 aromatic carbocycles. The van der Waals surface area contributed by atoms with E-state index in [0.29, 0.717) is 6.54 Å². The number of imide groups is 1. The van der Waals surface area contributed by atoms with Crippen molar-refractivity contribution in [3.05, 3.63) is 35.9 Å². The van der Waals surface area contributed by atoms with E-state index in [1.54, 1.807) is 13.4 Å². The molecule has 6 heteroatoms. The van der Waals surface area contributed by atoms with Gasteiger partial charge in [-0.25, -0.2) is 9.79 Å². The maximum absolute atomic E-state index is 12.3. The van der Waals surface area contributed by atoms with Crippen LogP contribution >= 0.6 is 0 Å². The van der Waals surface area contributed by atoms with Crippen LogP contribution in [0.4, 0.5) is 4.79 Å². The minimum absolute atomic E-state index is 0.202. The molecular formula is C14H16N4O2. The molecule has 0 N–H and O–H groups in total. The molecule has 1 saturated heterocycles. The summed E-state index contributed by atoms with van der Waals surface area (Å²) in [5, 5.41) is 0. The normalized spacial score (nSPS) is 25.4. The molecule has 1 aromatic rings. The van der Waals surface area contributed by atoms with Gasteiger partial charge >= 0.3 is 6.03 Å². The van der Waals surface area contributed by atoms with Gasteiger partial charge in [0.15, 0.2) is 12.2 Å². The van der Waals surface area contributed by atoms with Crippen LogP contribution in [-0.2, 0) is 11.3 Å². The average Bonchev–Trinajstić information content (AvgIpc) is 2.88. The first-order chi connectivity index (χ1) is 9.59. The standard InChI is InChI=1S/C14H16N4O2/c1-16-12-11(13(19)17(2)14(16)20)18(9-15-12)8-10-6-4-3-5-7-10/h3-7,9,11-12H,8H2,1-2H3. The van der Waals surface area contributed by atoms with Crippen LogP contribution in [0.2, 0.25) is 0 Å². The van der Waals surface area contributed by atoms with Gasteiger partial charge in [-0.2, -0.15) is 0 Å². The van der Waals surface area contributed by atoms with Crippen LogP contribution < -0.4 is 0 Å². The summed E-state index contributed by atoms with van der Waals surface area (Å²) in [6.07, 6.45) is 1.25. The van der Waals surface area contributed by atoms with E-state index >= 15 is 0 Å². The number of hydrogen-bond donors (Lipinski definition) is 0. The van der Waals surface area contributed by atoms with Crippen LogP contribution in [0.25, 0.3) is 0 Å². The second kappa shape index (κ2) is 4.63. The molecule has 2 atom stereocenters. The minimum Gasteiger partial charge on any atom is -0.343 e. The maximum Gasteiger partial charge on any atom is 0.328 e. The van der Waals surface area contributed by atoms with E-state index in [2.05, 4.69) is 4.99 Å². The van der Waals surface area contributed by atoms with E-state index in [-0.39, 0.29) is 11.9 Å². The largest absolute Gasteiger partial charge is 0.343 e. The van der Waals surface area contributed by atoms with Gasteiger partial charge in [0, 0.05) is 20.6 Å². The molecule has 2 unspecified atom stereocenters. The van der Waals surface area contributed by atoms with E-state index in [4.69, 9.17) is 0 Å². The Labute approximate surface area is 117 Å². The second-order valence-corrected chi connectivity index (χ2v) is 5.07. The van der Waals surface area contributed by atoms with E-state index in [9.17, 15) is 9.59 Å². The van der Waals surface area contributed by atoms with Crippen molar-refractivity contribution in [2.24, 2.45) is 4.99 Å². The van der Waals surface area contributed by atoms with Crippen molar-refractivity contribution in [3.8, 4) is 0 Å². The highest BCUT2D eigenvalue weighted by molar-refractivity contribution is 6.01. The molecule has 0 spiro atoms. The summed E-state index contributed by atoms with van der Waals surface area (Å²) in [7, 11) is 3.18. The van der Waals surface area contributed by atoms with Gasteiger partial charge < -0.3 is 9.80 Å². The zero-order valence-corrected chi connectivity index (χ0v) is 11.4. The topological polar surface area (TPSA) is 56.2 Å². The first-order valence-corrected chi connectivity index (χ1v) is 6.47. The fourth-order valence-electron chi connectivity index (χ4n) is 2.64. The SMILES string of the molecule is CN1C(=O)C2C(N=CN2Cc2ccccc2)N(C)C1=O. The molecule has 2 heterocycles. The molecule has 0 bridgehead atoms. The minimum atomic E-state index is -0.428. The van der Waals surface area contributed by atoms with Crippen molar-refractivity contribution in [2.75, 3.05) is 14.1 Å². The molecule has 2 aliphatic heterocycles. The summed E-state index contributed by atoms with van der Waals surface area (Å²) in [6, 6.07) is 9.16.